The lowest BCUT2D eigenvalue weighted by Gasteiger charge is -2.25. The van der Waals surface area contributed by atoms with Gasteiger partial charge in [-0.25, -0.2) is 19.4 Å². The zero-order valence-electron chi connectivity index (χ0n) is 19.9. The van der Waals surface area contributed by atoms with Crippen LogP contribution in [-0.4, -0.2) is 54.9 Å². The predicted molar refractivity (Wildman–Crippen MR) is 128 cm³/mol. The summed E-state index contributed by atoms with van der Waals surface area (Å²) in [5.41, 5.74) is 6.79. The molecule has 0 spiro atoms. The molecule has 0 saturated heterocycles. The highest BCUT2D eigenvalue weighted by atomic mass is 16.6. The zero-order valence-corrected chi connectivity index (χ0v) is 19.9. The number of rotatable bonds is 7. The van der Waals surface area contributed by atoms with Crippen molar-refractivity contribution in [3.8, 4) is 16.9 Å². The van der Waals surface area contributed by atoms with Crippen LogP contribution in [0.25, 0.3) is 16.9 Å². The smallest absolute Gasteiger partial charge is 0.410 e. The lowest BCUT2D eigenvalue weighted by atomic mass is 9.99. The number of nitrogens with zero attached hydrogens (tertiary/aromatic N) is 6. The van der Waals surface area contributed by atoms with Crippen LogP contribution in [0.5, 0.6) is 0 Å². The van der Waals surface area contributed by atoms with Gasteiger partial charge in [0, 0.05) is 37.7 Å². The Morgan fingerprint density at radius 3 is 2.62 bits per heavy atom. The normalized spacial score (nSPS) is 12.3. The average molecular weight is 468 g/mol. The molecule has 2 N–H and O–H groups in total. The maximum absolute atomic E-state index is 12.1. The molecular formula is C23H29N7O4. The van der Waals surface area contributed by atoms with E-state index in [2.05, 4.69) is 22.0 Å². The standard InChI is InChI=1S/C23H29N7O4/c1-15(9-11-28(5)22(31)34-23(2,3)4)16-6-7-19(26-12-16)29-14-17(13-27-29)18-8-10-25-21(24)20(18)30(32)33/h6-8,10,12-15H,9,11H2,1-5H3,(H2,24,25). The van der Waals surface area contributed by atoms with Crippen LogP contribution in [0.4, 0.5) is 16.3 Å². The van der Waals surface area contributed by atoms with Crippen LogP contribution in [0.1, 0.15) is 45.6 Å². The van der Waals surface area contributed by atoms with Gasteiger partial charge in [-0.2, -0.15) is 5.10 Å². The fraction of sp³-hybridized carbons (Fsp3) is 0.391. The van der Waals surface area contributed by atoms with E-state index in [0.29, 0.717) is 23.5 Å². The molecule has 11 nitrogen and oxygen atoms in total. The van der Waals surface area contributed by atoms with Crippen LogP contribution in [0.2, 0.25) is 0 Å². The number of hydrogen-bond acceptors (Lipinski definition) is 8. The van der Waals surface area contributed by atoms with Gasteiger partial charge in [0.25, 0.3) is 0 Å². The maximum atomic E-state index is 12.1. The Balaban J connectivity index is 1.68. The molecule has 34 heavy (non-hydrogen) atoms. The number of amides is 1. The van der Waals surface area contributed by atoms with Crippen LogP contribution >= 0.6 is 0 Å². The van der Waals surface area contributed by atoms with Gasteiger partial charge in [0.05, 0.1) is 16.7 Å². The summed E-state index contributed by atoms with van der Waals surface area (Å²) >= 11 is 0. The molecule has 1 amide bonds. The number of carbonyl (C=O) groups is 1. The molecule has 3 aromatic rings. The van der Waals surface area contributed by atoms with Crippen molar-refractivity contribution in [1.82, 2.24) is 24.6 Å². The minimum Gasteiger partial charge on any atom is -0.444 e. The predicted octanol–water partition coefficient (Wildman–Crippen LogP) is 4.18. The largest absolute Gasteiger partial charge is 0.444 e. The Morgan fingerprint density at radius 2 is 2.00 bits per heavy atom. The number of hydrogen-bond donors (Lipinski definition) is 1. The highest BCUT2D eigenvalue weighted by Crippen LogP contribution is 2.33. The topological polar surface area (TPSA) is 142 Å². The molecule has 0 aliphatic heterocycles. The van der Waals surface area contributed by atoms with Crippen molar-refractivity contribution in [3.63, 3.8) is 0 Å². The summed E-state index contributed by atoms with van der Waals surface area (Å²) < 4.78 is 6.92. The Bertz CT molecular complexity index is 1170. The fourth-order valence-electron chi connectivity index (χ4n) is 3.29. The second-order valence-electron chi connectivity index (χ2n) is 9.06. The average Bonchev–Trinajstić information content (AvgIpc) is 3.26. The summed E-state index contributed by atoms with van der Waals surface area (Å²) in [6.45, 7) is 8.13. The summed E-state index contributed by atoms with van der Waals surface area (Å²) in [7, 11) is 1.72. The quantitative estimate of drug-likeness (QED) is 0.403. The summed E-state index contributed by atoms with van der Waals surface area (Å²) in [6, 6.07) is 5.31. The van der Waals surface area contributed by atoms with E-state index in [9.17, 15) is 14.9 Å². The van der Waals surface area contributed by atoms with Gasteiger partial charge in [0.1, 0.15) is 5.60 Å². The molecule has 0 aliphatic carbocycles. The molecule has 3 heterocycles. The monoisotopic (exact) mass is 467 g/mol. The van der Waals surface area contributed by atoms with Gasteiger partial charge in [-0.1, -0.05) is 13.0 Å². The van der Waals surface area contributed by atoms with Crippen molar-refractivity contribution < 1.29 is 14.5 Å². The Labute approximate surface area is 197 Å². The molecule has 3 aromatic heterocycles. The number of nitrogen functional groups attached to an aromatic ring is 1. The van der Waals surface area contributed by atoms with Crippen molar-refractivity contribution in [2.75, 3.05) is 19.3 Å². The van der Waals surface area contributed by atoms with Gasteiger partial charge in [-0.3, -0.25) is 10.1 Å². The first-order chi connectivity index (χ1) is 16.0. The van der Waals surface area contributed by atoms with Gasteiger partial charge in [-0.05, 0) is 50.8 Å². The van der Waals surface area contributed by atoms with E-state index in [-0.39, 0.29) is 23.5 Å². The number of ether oxygens (including phenoxy) is 1. The third-order valence-corrected chi connectivity index (χ3v) is 5.21. The molecule has 11 heteroatoms. The second-order valence-corrected chi connectivity index (χ2v) is 9.06. The maximum Gasteiger partial charge on any atom is 0.410 e. The van der Waals surface area contributed by atoms with E-state index in [1.54, 1.807) is 29.0 Å². The van der Waals surface area contributed by atoms with Crippen LogP contribution in [0, 0.1) is 10.1 Å². The molecule has 180 valence electrons. The lowest BCUT2D eigenvalue weighted by Crippen LogP contribution is -2.35. The minimum absolute atomic E-state index is 0.149. The number of anilines is 1. The van der Waals surface area contributed by atoms with Crippen molar-refractivity contribution in [3.05, 3.63) is 58.7 Å². The highest BCUT2D eigenvalue weighted by Gasteiger charge is 2.22. The molecule has 0 radical (unpaired) electrons. The fourth-order valence-corrected chi connectivity index (χ4v) is 3.29. The lowest BCUT2D eigenvalue weighted by molar-refractivity contribution is -0.383. The Kier molecular flexibility index (Phi) is 7.14. The molecule has 1 atom stereocenters. The number of carbonyl (C=O) groups excluding carboxylic acids is 1. The Hall–Kier alpha value is -4.02. The van der Waals surface area contributed by atoms with Gasteiger partial charge in [0.2, 0.25) is 5.82 Å². The summed E-state index contributed by atoms with van der Waals surface area (Å²) in [5.74, 6) is 0.587. The van der Waals surface area contributed by atoms with E-state index >= 15 is 0 Å². The molecule has 3 rings (SSSR count). The molecular weight excluding hydrogens is 438 g/mol. The van der Waals surface area contributed by atoms with E-state index < -0.39 is 10.5 Å². The molecule has 0 aliphatic rings. The first-order valence-electron chi connectivity index (χ1n) is 10.8. The van der Waals surface area contributed by atoms with Gasteiger partial charge < -0.3 is 15.4 Å². The third-order valence-electron chi connectivity index (χ3n) is 5.21. The van der Waals surface area contributed by atoms with E-state index in [1.165, 1.54) is 18.5 Å². The van der Waals surface area contributed by atoms with Crippen LogP contribution in [-0.2, 0) is 4.74 Å². The van der Waals surface area contributed by atoms with Crippen LogP contribution in [0.15, 0.2) is 43.0 Å². The number of nitro groups is 1. The number of nitrogens with two attached hydrogens (primary N) is 1. The van der Waals surface area contributed by atoms with Crippen LogP contribution in [0.3, 0.4) is 0 Å². The van der Waals surface area contributed by atoms with Crippen molar-refractivity contribution >= 4 is 17.6 Å². The van der Waals surface area contributed by atoms with E-state index in [0.717, 1.165) is 12.0 Å². The van der Waals surface area contributed by atoms with Crippen molar-refractivity contribution in [2.24, 2.45) is 0 Å². The highest BCUT2D eigenvalue weighted by molar-refractivity contribution is 5.78. The van der Waals surface area contributed by atoms with Crippen molar-refractivity contribution in [1.29, 1.82) is 0 Å². The third kappa shape index (κ3) is 5.85. The zero-order chi connectivity index (χ0) is 25.0. The van der Waals surface area contributed by atoms with Gasteiger partial charge in [-0.15, -0.1) is 0 Å². The van der Waals surface area contributed by atoms with Crippen LogP contribution < -0.4 is 5.73 Å². The molecule has 0 bridgehead atoms. The molecule has 0 aromatic carbocycles. The number of aromatic nitrogens is 4. The first-order valence-corrected chi connectivity index (χ1v) is 10.8. The van der Waals surface area contributed by atoms with Crippen molar-refractivity contribution in [2.45, 2.75) is 45.6 Å². The van der Waals surface area contributed by atoms with Gasteiger partial charge in [0.15, 0.2) is 5.82 Å². The number of pyridine rings is 2. The van der Waals surface area contributed by atoms with E-state index in [4.69, 9.17) is 10.5 Å². The summed E-state index contributed by atoms with van der Waals surface area (Å²) in [5, 5.41) is 15.7. The minimum atomic E-state index is -0.552. The second kappa shape index (κ2) is 9.86. The summed E-state index contributed by atoms with van der Waals surface area (Å²) in [6.07, 6.45) is 6.76. The first kappa shape index (κ1) is 24.6. The van der Waals surface area contributed by atoms with Gasteiger partial charge >= 0.3 is 11.8 Å². The summed E-state index contributed by atoms with van der Waals surface area (Å²) in [4.78, 5) is 32.8. The van der Waals surface area contributed by atoms with E-state index in [1.807, 2.05) is 32.9 Å². The molecule has 0 fully saturated rings. The Morgan fingerprint density at radius 1 is 1.26 bits per heavy atom. The SMILES string of the molecule is CC(CCN(C)C(=O)OC(C)(C)C)c1ccc(-n2cc(-c3ccnc(N)c3[N+](=O)[O-])cn2)nc1. The molecule has 1 unspecified atom stereocenters. The molecule has 0 saturated carbocycles.